The summed E-state index contributed by atoms with van der Waals surface area (Å²) in [5.41, 5.74) is 1.23. The van der Waals surface area contributed by atoms with Crippen molar-refractivity contribution in [2.75, 3.05) is 19.0 Å². The molecule has 1 nitrogen and oxygen atoms in total. The monoisotopic (exact) mass is 246 g/mol. The fraction of sp³-hybridized carbons (Fsp3) is 0.250. The average molecular weight is 246 g/mol. The van der Waals surface area contributed by atoms with Crippen molar-refractivity contribution in [3.63, 3.8) is 0 Å². The molecule has 53 valence electrons. The second-order valence-corrected chi connectivity index (χ2v) is 3.34. The maximum atomic E-state index is 3.13. The van der Waals surface area contributed by atoms with Crippen LogP contribution in [-0.4, -0.2) is 14.1 Å². The molecule has 0 unspecified atom stereocenters. The van der Waals surface area contributed by atoms with Gasteiger partial charge < -0.3 is 4.90 Å². The van der Waals surface area contributed by atoms with Crippen LogP contribution in [0.5, 0.6) is 0 Å². The summed E-state index contributed by atoms with van der Waals surface area (Å²) >= 11 is 2.28. The van der Waals surface area contributed by atoms with Gasteiger partial charge in [0.25, 0.3) is 0 Å². The molecule has 0 aliphatic heterocycles. The van der Waals surface area contributed by atoms with Crippen LogP contribution in [0.1, 0.15) is 0 Å². The van der Waals surface area contributed by atoms with Crippen LogP contribution in [-0.2, 0) is 0 Å². The minimum absolute atomic E-state index is 1.17. The highest BCUT2D eigenvalue weighted by atomic mass is 127. The zero-order valence-corrected chi connectivity index (χ0v) is 8.21. The van der Waals surface area contributed by atoms with Crippen LogP contribution in [0.15, 0.2) is 18.2 Å². The van der Waals surface area contributed by atoms with Crippen LogP contribution in [0.25, 0.3) is 0 Å². The average Bonchev–Trinajstić information content (AvgIpc) is 1.88. The Morgan fingerprint density at radius 1 is 1.50 bits per heavy atom. The van der Waals surface area contributed by atoms with Crippen molar-refractivity contribution in [2.24, 2.45) is 0 Å². The lowest BCUT2D eigenvalue weighted by Crippen LogP contribution is -2.09. The second kappa shape index (κ2) is 3.23. The first-order valence-corrected chi connectivity index (χ1v) is 4.13. The number of hydrogen-bond donors (Lipinski definition) is 0. The van der Waals surface area contributed by atoms with Gasteiger partial charge in [-0.1, -0.05) is 12.1 Å². The first-order chi connectivity index (χ1) is 4.72. The zero-order valence-electron chi connectivity index (χ0n) is 6.06. The van der Waals surface area contributed by atoms with E-state index < -0.39 is 0 Å². The van der Waals surface area contributed by atoms with Gasteiger partial charge in [0.2, 0.25) is 0 Å². The Balaban J connectivity index is 3.03. The number of hydrogen-bond acceptors (Lipinski definition) is 1. The number of rotatable bonds is 1. The molecule has 2 heteroatoms. The van der Waals surface area contributed by atoms with Crippen LogP contribution in [0.4, 0.5) is 5.69 Å². The van der Waals surface area contributed by atoms with E-state index in [1.54, 1.807) is 0 Å². The molecule has 1 radical (unpaired) electrons. The molecule has 1 aromatic rings. The lowest BCUT2D eigenvalue weighted by atomic mass is 10.3. The number of benzene rings is 1. The van der Waals surface area contributed by atoms with Crippen molar-refractivity contribution in [1.82, 2.24) is 0 Å². The van der Waals surface area contributed by atoms with E-state index in [2.05, 4.69) is 39.6 Å². The highest BCUT2D eigenvalue weighted by molar-refractivity contribution is 14.1. The Morgan fingerprint density at radius 2 is 2.20 bits per heavy atom. The van der Waals surface area contributed by atoms with Gasteiger partial charge in [-0.05, 0) is 34.7 Å². The fourth-order valence-corrected chi connectivity index (χ4v) is 1.60. The zero-order chi connectivity index (χ0) is 7.56. The first-order valence-electron chi connectivity index (χ1n) is 3.05. The molecule has 0 atom stereocenters. The van der Waals surface area contributed by atoms with Crippen molar-refractivity contribution in [3.8, 4) is 0 Å². The van der Waals surface area contributed by atoms with Gasteiger partial charge >= 0.3 is 0 Å². The summed E-state index contributed by atoms with van der Waals surface area (Å²) in [7, 11) is 4.07. The van der Waals surface area contributed by atoms with Gasteiger partial charge in [0.1, 0.15) is 0 Å². The van der Waals surface area contributed by atoms with Crippen molar-refractivity contribution >= 4 is 28.3 Å². The lowest BCUT2D eigenvalue weighted by molar-refractivity contribution is 1.12. The highest BCUT2D eigenvalue weighted by Crippen LogP contribution is 2.18. The summed E-state index contributed by atoms with van der Waals surface area (Å²) in [6, 6.07) is 9.13. The largest absolute Gasteiger partial charge is 0.377 e. The van der Waals surface area contributed by atoms with E-state index in [4.69, 9.17) is 0 Å². The Morgan fingerprint density at radius 3 is 2.60 bits per heavy atom. The second-order valence-electron chi connectivity index (χ2n) is 2.26. The van der Waals surface area contributed by atoms with Gasteiger partial charge in [-0.3, -0.25) is 0 Å². The summed E-state index contributed by atoms with van der Waals surface area (Å²) in [4.78, 5) is 2.08. The van der Waals surface area contributed by atoms with Gasteiger partial charge in [0.05, 0.1) is 5.69 Å². The number of anilines is 1. The summed E-state index contributed by atoms with van der Waals surface area (Å²) < 4.78 is 1.17. The van der Waals surface area contributed by atoms with Crippen molar-refractivity contribution in [1.29, 1.82) is 0 Å². The third kappa shape index (κ3) is 1.62. The minimum Gasteiger partial charge on any atom is -0.377 e. The van der Waals surface area contributed by atoms with Gasteiger partial charge in [-0.15, -0.1) is 0 Å². The molecule has 0 fully saturated rings. The third-order valence-corrected chi connectivity index (χ3v) is 2.13. The van der Waals surface area contributed by atoms with Gasteiger partial charge in [0.15, 0.2) is 0 Å². The molecule has 0 N–H and O–H groups in total. The molecule has 0 aliphatic carbocycles. The van der Waals surface area contributed by atoms with Crippen molar-refractivity contribution in [2.45, 2.75) is 0 Å². The topological polar surface area (TPSA) is 3.24 Å². The van der Waals surface area contributed by atoms with E-state index >= 15 is 0 Å². The predicted molar refractivity (Wildman–Crippen MR) is 52.3 cm³/mol. The van der Waals surface area contributed by atoms with E-state index in [0.717, 1.165) is 0 Å². The van der Waals surface area contributed by atoms with Crippen molar-refractivity contribution < 1.29 is 0 Å². The Hall–Kier alpha value is -0.250. The molecule has 1 aromatic carbocycles. The van der Waals surface area contributed by atoms with Crippen molar-refractivity contribution in [3.05, 3.63) is 27.8 Å². The van der Waals surface area contributed by atoms with Crippen LogP contribution in [0, 0.1) is 9.64 Å². The standard InChI is InChI=1S/C8H9IN/c1-10(2)8-6-4-3-5-7(8)9/h3-4,6H,1-2H3. The number of nitrogens with zero attached hydrogens (tertiary/aromatic N) is 1. The molecule has 0 amide bonds. The molecule has 0 saturated heterocycles. The third-order valence-electron chi connectivity index (χ3n) is 1.27. The maximum absolute atomic E-state index is 3.13. The summed E-state index contributed by atoms with van der Waals surface area (Å²) in [5, 5.41) is 0. The lowest BCUT2D eigenvalue weighted by Gasteiger charge is -2.13. The van der Waals surface area contributed by atoms with Gasteiger partial charge in [-0.2, -0.15) is 0 Å². The van der Waals surface area contributed by atoms with Crippen LogP contribution >= 0.6 is 22.6 Å². The Bertz CT molecular complexity index is 220. The normalized spacial score (nSPS) is 9.50. The molecular weight excluding hydrogens is 237 g/mol. The van der Waals surface area contributed by atoms with E-state index in [-0.39, 0.29) is 0 Å². The van der Waals surface area contributed by atoms with Gasteiger partial charge in [0, 0.05) is 17.7 Å². The SMILES string of the molecule is CN(C)c1ccc[c]c1I. The minimum atomic E-state index is 1.17. The Labute approximate surface area is 75.2 Å². The highest BCUT2D eigenvalue weighted by Gasteiger charge is 1.97. The summed E-state index contributed by atoms with van der Waals surface area (Å²) in [6.45, 7) is 0. The smallest absolute Gasteiger partial charge is 0.0503 e. The van der Waals surface area contributed by atoms with Crippen LogP contribution in [0.2, 0.25) is 0 Å². The quantitative estimate of drug-likeness (QED) is 0.686. The molecule has 0 heterocycles. The Kier molecular flexibility index (Phi) is 2.54. The van der Waals surface area contributed by atoms with E-state index in [1.807, 2.05) is 26.2 Å². The maximum Gasteiger partial charge on any atom is 0.0503 e. The molecule has 10 heavy (non-hydrogen) atoms. The van der Waals surface area contributed by atoms with E-state index in [0.29, 0.717) is 0 Å². The van der Waals surface area contributed by atoms with Crippen LogP contribution < -0.4 is 4.90 Å². The molecule has 0 saturated carbocycles. The first kappa shape index (κ1) is 7.85. The van der Waals surface area contributed by atoms with Gasteiger partial charge in [-0.25, -0.2) is 0 Å². The fourth-order valence-electron chi connectivity index (χ4n) is 0.753. The molecular formula is C8H9IN. The van der Waals surface area contributed by atoms with E-state index in [1.165, 1.54) is 9.26 Å². The predicted octanol–water partition coefficient (Wildman–Crippen LogP) is 2.16. The molecule has 0 spiro atoms. The summed E-state index contributed by atoms with van der Waals surface area (Å²) in [5.74, 6) is 0. The molecule has 1 rings (SSSR count). The van der Waals surface area contributed by atoms with E-state index in [9.17, 15) is 0 Å². The molecule has 0 aliphatic rings. The number of halogens is 1. The molecule has 0 bridgehead atoms. The summed E-state index contributed by atoms with van der Waals surface area (Å²) in [6.07, 6.45) is 0. The van der Waals surface area contributed by atoms with Crippen LogP contribution in [0.3, 0.4) is 0 Å². The molecule has 0 aromatic heterocycles.